The Labute approximate surface area is 111 Å². The molecule has 0 aromatic heterocycles. The van der Waals surface area contributed by atoms with Gasteiger partial charge in [-0.25, -0.2) is 4.39 Å². The highest BCUT2D eigenvalue weighted by Crippen LogP contribution is 2.22. The van der Waals surface area contributed by atoms with Crippen molar-refractivity contribution in [1.82, 2.24) is 0 Å². The first-order valence-corrected chi connectivity index (χ1v) is 5.17. The van der Waals surface area contributed by atoms with Crippen molar-refractivity contribution >= 4 is 24.1 Å². The lowest BCUT2D eigenvalue weighted by molar-refractivity contribution is -0.125. The van der Waals surface area contributed by atoms with Crippen molar-refractivity contribution in [2.75, 3.05) is 0 Å². The predicted octanol–water partition coefficient (Wildman–Crippen LogP) is 1.59. The molecule has 0 bridgehead atoms. The molecule has 0 aliphatic rings. The highest BCUT2D eigenvalue weighted by molar-refractivity contribution is 5.95. The average Bonchev–Trinajstić information content (AvgIpc) is 2.20. The third-order valence-corrected chi connectivity index (χ3v) is 2.63. The molecule has 0 heterocycles. The first-order chi connectivity index (χ1) is 7.74. The first kappa shape index (κ1) is 16.4. The van der Waals surface area contributed by atoms with E-state index in [4.69, 9.17) is 16.9 Å². The zero-order valence-corrected chi connectivity index (χ0v) is 11.1. The second-order valence-electron chi connectivity index (χ2n) is 4.65. The van der Waals surface area contributed by atoms with Crippen LogP contribution in [0, 0.1) is 16.6 Å². The van der Waals surface area contributed by atoms with Crippen LogP contribution in [-0.4, -0.2) is 11.7 Å². The van der Waals surface area contributed by atoms with Crippen LogP contribution in [0.25, 0.3) is 0 Å². The molecule has 0 saturated heterocycles. The summed E-state index contributed by atoms with van der Waals surface area (Å²) in [6.45, 7) is 3.43. The number of carbonyl (C=O) groups is 1. The molecular formula is C12H17ClFN3O. The monoisotopic (exact) mass is 273 g/mol. The van der Waals surface area contributed by atoms with Gasteiger partial charge in [0.1, 0.15) is 11.7 Å². The summed E-state index contributed by atoms with van der Waals surface area (Å²) in [6.07, 6.45) is 0.378. The van der Waals surface area contributed by atoms with Crippen LogP contribution in [0.4, 0.5) is 4.39 Å². The smallest absolute Gasteiger partial charge is 0.223 e. The molecule has 5 N–H and O–H groups in total. The van der Waals surface area contributed by atoms with E-state index in [0.717, 1.165) is 5.56 Å². The quantitative estimate of drug-likeness (QED) is 0.574. The number of halogens is 2. The number of amides is 1. The van der Waals surface area contributed by atoms with E-state index in [1.165, 1.54) is 12.1 Å². The zero-order chi connectivity index (χ0) is 13.2. The van der Waals surface area contributed by atoms with E-state index >= 15 is 0 Å². The molecule has 0 aliphatic heterocycles. The molecule has 4 nitrogen and oxygen atoms in total. The number of primary amides is 1. The maximum atomic E-state index is 13.3. The molecule has 18 heavy (non-hydrogen) atoms. The lowest BCUT2D eigenvalue weighted by Crippen LogP contribution is -2.33. The number of carbonyl (C=O) groups excluding carboxylic acids is 1. The Morgan fingerprint density at radius 2 is 1.94 bits per heavy atom. The van der Waals surface area contributed by atoms with E-state index in [2.05, 4.69) is 0 Å². The summed E-state index contributed by atoms with van der Waals surface area (Å²) in [4.78, 5) is 11.2. The standard InChI is InChI=1S/C12H16FN3O.ClH/c1-12(2,11(16)17)6-7-3-4-9(13)8(5-7)10(14)15;/h3-5H,6H2,1-2H3,(H3,14,15)(H2,16,17);1H. The van der Waals surface area contributed by atoms with Gasteiger partial charge in [-0.2, -0.15) is 0 Å². The summed E-state index contributed by atoms with van der Waals surface area (Å²) in [5.41, 5.74) is 10.6. The van der Waals surface area contributed by atoms with Crippen LogP contribution < -0.4 is 11.5 Å². The molecule has 100 valence electrons. The van der Waals surface area contributed by atoms with Gasteiger partial charge in [0, 0.05) is 5.41 Å². The van der Waals surface area contributed by atoms with Gasteiger partial charge >= 0.3 is 0 Å². The SMILES string of the molecule is CC(C)(Cc1ccc(F)c(C(=N)N)c1)C(N)=O.Cl. The molecule has 1 rings (SSSR count). The maximum Gasteiger partial charge on any atom is 0.223 e. The first-order valence-electron chi connectivity index (χ1n) is 5.17. The van der Waals surface area contributed by atoms with Gasteiger partial charge in [0.25, 0.3) is 0 Å². The van der Waals surface area contributed by atoms with E-state index in [9.17, 15) is 9.18 Å². The van der Waals surface area contributed by atoms with Gasteiger partial charge in [-0.1, -0.05) is 19.9 Å². The second-order valence-corrected chi connectivity index (χ2v) is 4.65. The van der Waals surface area contributed by atoms with Gasteiger partial charge in [-0.05, 0) is 24.1 Å². The number of benzene rings is 1. The third kappa shape index (κ3) is 3.70. The van der Waals surface area contributed by atoms with E-state index in [-0.39, 0.29) is 23.8 Å². The van der Waals surface area contributed by atoms with Gasteiger partial charge in [-0.15, -0.1) is 12.4 Å². The van der Waals surface area contributed by atoms with Crippen molar-refractivity contribution in [1.29, 1.82) is 5.41 Å². The van der Waals surface area contributed by atoms with Gasteiger partial charge in [0.05, 0.1) is 5.56 Å². The fraction of sp³-hybridized carbons (Fsp3) is 0.333. The average molecular weight is 274 g/mol. The van der Waals surface area contributed by atoms with Crippen LogP contribution >= 0.6 is 12.4 Å². The molecule has 1 amide bonds. The van der Waals surface area contributed by atoms with Crippen LogP contribution in [0.3, 0.4) is 0 Å². The Kier molecular flexibility index (Phi) is 5.29. The molecule has 0 atom stereocenters. The predicted molar refractivity (Wildman–Crippen MR) is 71.3 cm³/mol. The molecule has 0 fully saturated rings. The number of nitrogen functional groups attached to an aromatic ring is 1. The lowest BCUT2D eigenvalue weighted by atomic mass is 9.84. The van der Waals surface area contributed by atoms with Gasteiger partial charge in [0.2, 0.25) is 5.91 Å². The van der Waals surface area contributed by atoms with Crippen LogP contribution in [0.1, 0.15) is 25.0 Å². The highest BCUT2D eigenvalue weighted by Gasteiger charge is 2.25. The molecule has 0 aliphatic carbocycles. The van der Waals surface area contributed by atoms with Crippen LogP contribution in [0.5, 0.6) is 0 Å². The third-order valence-electron chi connectivity index (χ3n) is 2.63. The number of nitrogens with two attached hydrogens (primary N) is 2. The molecule has 0 spiro atoms. The van der Waals surface area contributed by atoms with E-state index < -0.39 is 17.1 Å². The number of amidine groups is 1. The number of hydrogen-bond donors (Lipinski definition) is 3. The summed E-state index contributed by atoms with van der Waals surface area (Å²) in [6, 6.07) is 4.28. The van der Waals surface area contributed by atoms with Crippen molar-refractivity contribution in [3.8, 4) is 0 Å². The summed E-state index contributed by atoms with van der Waals surface area (Å²) < 4.78 is 13.3. The fourth-order valence-electron chi connectivity index (χ4n) is 1.49. The molecule has 0 radical (unpaired) electrons. The van der Waals surface area contributed by atoms with E-state index in [0.29, 0.717) is 6.42 Å². The van der Waals surface area contributed by atoms with Crippen molar-refractivity contribution in [2.24, 2.45) is 16.9 Å². The Hall–Kier alpha value is -1.62. The molecular weight excluding hydrogens is 257 g/mol. The Morgan fingerprint density at radius 1 is 1.39 bits per heavy atom. The molecule has 0 unspecified atom stereocenters. The Balaban J connectivity index is 0.00000289. The molecule has 6 heteroatoms. The van der Waals surface area contributed by atoms with Gasteiger partial charge in [0.15, 0.2) is 0 Å². The van der Waals surface area contributed by atoms with Crippen molar-refractivity contribution in [2.45, 2.75) is 20.3 Å². The normalized spacial score (nSPS) is 10.6. The topological polar surface area (TPSA) is 93.0 Å². The Morgan fingerprint density at radius 3 is 2.39 bits per heavy atom. The van der Waals surface area contributed by atoms with Crippen LogP contribution in [0.2, 0.25) is 0 Å². The summed E-state index contributed by atoms with van der Waals surface area (Å²) >= 11 is 0. The van der Waals surface area contributed by atoms with Gasteiger partial charge < -0.3 is 11.5 Å². The largest absolute Gasteiger partial charge is 0.384 e. The maximum absolute atomic E-state index is 13.3. The van der Waals surface area contributed by atoms with Crippen molar-refractivity contribution < 1.29 is 9.18 Å². The van der Waals surface area contributed by atoms with Gasteiger partial charge in [-0.3, -0.25) is 10.2 Å². The Bertz CT molecular complexity index is 474. The minimum Gasteiger partial charge on any atom is -0.384 e. The fourth-order valence-corrected chi connectivity index (χ4v) is 1.49. The highest BCUT2D eigenvalue weighted by atomic mass is 35.5. The summed E-state index contributed by atoms with van der Waals surface area (Å²) in [5, 5.41) is 7.23. The molecule has 1 aromatic carbocycles. The number of rotatable bonds is 4. The minimum atomic E-state index is -0.716. The summed E-state index contributed by atoms with van der Waals surface area (Å²) in [5.74, 6) is -1.30. The minimum absolute atomic E-state index is 0. The molecule has 0 saturated carbocycles. The van der Waals surface area contributed by atoms with Crippen LogP contribution in [0.15, 0.2) is 18.2 Å². The summed E-state index contributed by atoms with van der Waals surface area (Å²) in [7, 11) is 0. The van der Waals surface area contributed by atoms with E-state index in [1.54, 1.807) is 19.9 Å². The van der Waals surface area contributed by atoms with Crippen LogP contribution in [-0.2, 0) is 11.2 Å². The van der Waals surface area contributed by atoms with E-state index in [1.807, 2.05) is 0 Å². The van der Waals surface area contributed by atoms with Crippen molar-refractivity contribution in [3.63, 3.8) is 0 Å². The number of hydrogen-bond acceptors (Lipinski definition) is 2. The lowest BCUT2D eigenvalue weighted by Gasteiger charge is -2.20. The number of nitrogens with one attached hydrogen (secondary N) is 1. The van der Waals surface area contributed by atoms with Crippen molar-refractivity contribution in [3.05, 3.63) is 35.1 Å². The zero-order valence-electron chi connectivity index (χ0n) is 10.3. The second kappa shape index (κ2) is 5.82. The molecule has 1 aromatic rings.